The highest BCUT2D eigenvalue weighted by atomic mass is 32.1. The van der Waals surface area contributed by atoms with Crippen molar-refractivity contribution in [3.05, 3.63) is 32.2 Å². The third kappa shape index (κ3) is 6.45. The highest BCUT2D eigenvalue weighted by molar-refractivity contribution is 7.09. The number of halogens is 3. The molecule has 2 saturated heterocycles. The fourth-order valence-corrected chi connectivity index (χ4v) is 5.05. The topological polar surface area (TPSA) is 84.8 Å². The van der Waals surface area contributed by atoms with Crippen molar-refractivity contribution < 1.29 is 32.5 Å². The van der Waals surface area contributed by atoms with E-state index in [4.69, 9.17) is 19.4 Å². The Morgan fingerprint density at radius 3 is 2.58 bits per heavy atom. The minimum Gasteiger partial charge on any atom is -0.475 e. The number of ether oxygens (including phenoxy) is 2. The number of hydrogen-bond donors (Lipinski definition) is 1. The van der Waals surface area contributed by atoms with Crippen LogP contribution in [0.2, 0.25) is 0 Å². The smallest absolute Gasteiger partial charge is 0.475 e. The Hall–Kier alpha value is -1.60. The summed E-state index contributed by atoms with van der Waals surface area (Å²) in [5, 5.41) is 13.6. The lowest BCUT2D eigenvalue weighted by atomic mass is 9.81. The number of hydrogen-bond acceptors (Lipinski definition) is 8. The monoisotopic (exact) mass is 479 g/mol. The summed E-state index contributed by atoms with van der Waals surface area (Å²) < 4.78 is 43.8. The molecule has 0 aliphatic carbocycles. The van der Waals surface area contributed by atoms with E-state index < -0.39 is 12.1 Å². The Labute approximate surface area is 185 Å². The molecule has 1 unspecified atom stereocenters. The Balaban J connectivity index is 0.000000339. The van der Waals surface area contributed by atoms with Crippen molar-refractivity contribution in [3.63, 3.8) is 0 Å². The molecule has 172 valence electrons. The van der Waals surface area contributed by atoms with Gasteiger partial charge in [0.15, 0.2) is 0 Å². The van der Waals surface area contributed by atoms with E-state index in [1.54, 1.807) is 22.7 Å². The van der Waals surface area contributed by atoms with E-state index in [2.05, 4.69) is 32.6 Å². The summed E-state index contributed by atoms with van der Waals surface area (Å²) >= 11 is 3.43. The molecule has 0 amide bonds. The number of alkyl halides is 3. The maximum absolute atomic E-state index is 10.6. The molecule has 2 aliphatic heterocycles. The standard InChI is InChI=1S/C17H23N3O2S2.C2HF3O2/c1-12-8-24-16(18-12)5-20-10-17(11-20)14(3-4-22-17)6-21-7-15-9-23-13(2)19-15;3-2(4,5)1(6)7/h8-9,14H,3-7,10-11H2,1-2H3;(H,6,7). The summed E-state index contributed by atoms with van der Waals surface area (Å²) in [6, 6.07) is 0. The summed E-state index contributed by atoms with van der Waals surface area (Å²) in [5.41, 5.74) is 2.16. The highest BCUT2D eigenvalue weighted by Crippen LogP contribution is 2.40. The molecule has 12 heteroatoms. The number of carbonyl (C=O) groups is 1. The quantitative estimate of drug-likeness (QED) is 0.677. The van der Waals surface area contributed by atoms with Crippen molar-refractivity contribution in [2.24, 2.45) is 5.92 Å². The molecule has 2 fully saturated rings. The summed E-state index contributed by atoms with van der Waals surface area (Å²) in [4.78, 5) is 20.3. The minimum atomic E-state index is -5.08. The summed E-state index contributed by atoms with van der Waals surface area (Å²) in [7, 11) is 0. The zero-order chi connectivity index (χ0) is 22.6. The zero-order valence-corrected chi connectivity index (χ0v) is 18.8. The van der Waals surface area contributed by atoms with Crippen LogP contribution in [-0.4, -0.2) is 64.0 Å². The van der Waals surface area contributed by atoms with Crippen LogP contribution in [0.5, 0.6) is 0 Å². The van der Waals surface area contributed by atoms with Crippen LogP contribution in [0.4, 0.5) is 13.2 Å². The fourth-order valence-electron chi connectivity index (χ4n) is 3.64. The van der Waals surface area contributed by atoms with Gasteiger partial charge in [-0.2, -0.15) is 13.2 Å². The second kappa shape index (κ2) is 9.90. The van der Waals surface area contributed by atoms with E-state index in [9.17, 15) is 13.2 Å². The molecule has 1 atom stereocenters. The SMILES string of the molecule is Cc1csc(CN2CC3(C2)OCCC3COCc2csc(C)n2)n1.O=C(O)C(F)(F)F. The van der Waals surface area contributed by atoms with Gasteiger partial charge in [-0.15, -0.1) is 22.7 Å². The van der Waals surface area contributed by atoms with Gasteiger partial charge >= 0.3 is 12.1 Å². The molecule has 2 aliphatic rings. The normalized spacial score (nSPS) is 20.4. The van der Waals surface area contributed by atoms with E-state index in [0.717, 1.165) is 55.7 Å². The Kier molecular flexibility index (Phi) is 7.68. The number of aromatic nitrogens is 2. The first kappa shape index (κ1) is 24.1. The molecule has 31 heavy (non-hydrogen) atoms. The van der Waals surface area contributed by atoms with Gasteiger partial charge in [0.2, 0.25) is 0 Å². The Morgan fingerprint density at radius 1 is 1.32 bits per heavy atom. The van der Waals surface area contributed by atoms with E-state index in [-0.39, 0.29) is 5.60 Å². The van der Waals surface area contributed by atoms with Gasteiger partial charge < -0.3 is 14.6 Å². The van der Waals surface area contributed by atoms with Gasteiger partial charge in [-0.05, 0) is 20.3 Å². The summed E-state index contributed by atoms with van der Waals surface area (Å²) in [6.45, 7) is 9.24. The molecule has 0 bridgehead atoms. The van der Waals surface area contributed by atoms with Crippen LogP contribution >= 0.6 is 22.7 Å². The van der Waals surface area contributed by atoms with Crippen LogP contribution in [0.3, 0.4) is 0 Å². The molecule has 7 nitrogen and oxygen atoms in total. The molecular formula is C19H24F3N3O4S2. The van der Waals surface area contributed by atoms with Gasteiger partial charge in [0.1, 0.15) is 5.01 Å². The molecular weight excluding hydrogens is 455 g/mol. The molecule has 0 radical (unpaired) electrons. The molecule has 0 aromatic carbocycles. The predicted octanol–water partition coefficient (Wildman–Crippen LogP) is 3.66. The lowest BCUT2D eigenvalue weighted by molar-refractivity contribution is -0.192. The average Bonchev–Trinajstić information content (AvgIpc) is 3.36. The number of thiazole rings is 2. The second-order valence-corrected chi connectivity index (χ2v) is 9.61. The second-order valence-electron chi connectivity index (χ2n) is 7.60. The van der Waals surface area contributed by atoms with Crippen molar-refractivity contribution in [2.75, 3.05) is 26.3 Å². The summed E-state index contributed by atoms with van der Waals surface area (Å²) in [6.07, 6.45) is -3.99. The third-order valence-electron chi connectivity index (χ3n) is 5.09. The number of aryl methyl sites for hydroxylation is 2. The zero-order valence-electron chi connectivity index (χ0n) is 17.1. The third-order valence-corrected chi connectivity index (χ3v) is 6.86. The number of carboxylic acids is 1. The van der Waals surface area contributed by atoms with Crippen LogP contribution in [0.15, 0.2) is 10.8 Å². The van der Waals surface area contributed by atoms with Gasteiger partial charge in [0.25, 0.3) is 0 Å². The molecule has 4 rings (SSSR count). The van der Waals surface area contributed by atoms with Gasteiger partial charge in [-0.25, -0.2) is 14.8 Å². The van der Waals surface area contributed by atoms with Gasteiger partial charge in [0, 0.05) is 42.1 Å². The fraction of sp³-hybridized carbons (Fsp3) is 0.632. The Morgan fingerprint density at radius 2 is 2.03 bits per heavy atom. The van der Waals surface area contributed by atoms with Crippen LogP contribution < -0.4 is 0 Å². The first-order valence-corrected chi connectivity index (χ1v) is 11.4. The predicted molar refractivity (Wildman–Crippen MR) is 109 cm³/mol. The van der Waals surface area contributed by atoms with Crippen molar-refractivity contribution in [2.45, 2.75) is 45.2 Å². The van der Waals surface area contributed by atoms with Crippen molar-refractivity contribution in [1.29, 1.82) is 0 Å². The lowest BCUT2D eigenvalue weighted by Crippen LogP contribution is -2.64. The molecule has 1 N–H and O–H groups in total. The Bertz CT molecular complexity index is 881. The largest absolute Gasteiger partial charge is 0.490 e. The van der Waals surface area contributed by atoms with Crippen molar-refractivity contribution in [1.82, 2.24) is 14.9 Å². The number of carboxylic acid groups (broad SMARTS) is 1. The number of aliphatic carboxylic acids is 1. The maximum atomic E-state index is 10.6. The maximum Gasteiger partial charge on any atom is 0.490 e. The molecule has 4 heterocycles. The van der Waals surface area contributed by atoms with Crippen LogP contribution in [0.1, 0.15) is 27.8 Å². The van der Waals surface area contributed by atoms with Crippen LogP contribution in [-0.2, 0) is 27.4 Å². The van der Waals surface area contributed by atoms with E-state index >= 15 is 0 Å². The average molecular weight is 480 g/mol. The van der Waals surface area contributed by atoms with Crippen molar-refractivity contribution >= 4 is 28.6 Å². The van der Waals surface area contributed by atoms with E-state index in [0.29, 0.717) is 12.5 Å². The van der Waals surface area contributed by atoms with E-state index in [1.165, 1.54) is 5.01 Å². The van der Waals surface area contributed by atoms with Gasteiger partial charge in [-0.1, -0.05) is 0 Å². The van der Waals surface area contributed by atoms with Gasteiger partial charge in [0.05, 0.1) is 36.1 Å². The first-order valence-electron chi connectivity index (χ1n) is 9.63. The molecule has 1 spiro atoms. The molecule has 2 aromatic heterocycles. The lowest BCUT2D eigenvalue weighted by Gasteiger charge is -2.50. The number of likely N-dealkylation sites (tertiary alicyclic amines) is 1. The molecule has 0 saturated carbocycles. The van der Waals surface area contributed by atoms with Gasteiger partial charge in [-0.3, -0.25) is 4.90 Å². The highest BCUT2D eigenvalue weighted by Gasteiger charge is 2.52. The minimum absolute atomic E-state index is 0.00426. The van der Waals surface area contributed by atoms with E-state index in [1.807, 2.05) is 6.92 Å². The van der Waals surface area contributed by atoms with Crippen LogP contribution in [0, 0.1) is 19.8 Å². The number of rotatable bonds is 6. The number of nitrogens with zero attached hydrogens (tertiary/aromatic N) is 3. The van der Waals surface area contributed by atoms with Crippen LogP contribution in [0.25, 0.3) is 0 Å². The summed E-state index contributed by atoms with van der Waals surface area (Å²) in [5.74, 6) is -2.26. The molecule has 2 aromatic rings. The first-order chi connectivity index (χ1) is 14.6. The van der Waals surface area contributed by atoms with Crippen molar-refractivity contribution in [3.8, 4) is 0 Å².